The van der Waals surface area contributed by atoms with Gasteiger partial charge in [-0.3, -0.25) is 20.2 Å². The summed E-state index contributed by atoms with van der Waals surface area (Å²) in [7, 11) is -3.80. The van der Waals surface area contributed by atoms with Gasteiger partial charge in [0, 0.05) is 30.1 Å². The van der Waals surface area contributed by atoms with E-state index in [-0.39, 0.29) is 29.0 Å². The summed E-state index contributed by atoms with van der Waals surface area (Å²) in [4.78, 5) is 16.9. The Kier molecular flexibility index (Phi) is 6.49. The lowest BCUT2D eigenvalue weighted by atomic mass is 10.1. The molecule has 1 N–H and O–H groups in total. The standard InChI is InChI=1S/C21H18N4O3S.ClH/c26-21(17-6-2-1-3-7-17)23-25(15-12-16-10-13-22-14-11-16)20-18-8-4-5-9-19(18)29(27,28)24-20;/h1-11,13-14H,12,15H2,(H,23,26);1H/p-1. The molecule has 0 unspecified atom stereocenters. The van der Waals surface area contributed by atoms with Crippen LogP contribution in [0.2, 0.25) is 0 Å². The van der Waals surface area contributed by atoms with E-state index in [2.05, 4.69) is 14.8 Å². The molecule has 3 aromatic rings. The highest BCUT2D eigenvalue weighted by atomic mass is 35.5. The van der Waals surface area contributed by atoms with Crippen LogP contribution in [-0.4, -0.2) is 36.7 Å². The van der Waals surface area contributed by atoms with Crippen LogP contribution in [0.15, 0.2) is 88.4 Å². The van der Waals surface area contributed by atoms with Gasteiger partial charge in [0.25, 0.3) is 15.9 Å². The zero-order valence-corrected chi connectivity index (χ0v) is 17.3. The Balaban J connectivity index is 0.00000256. The second kappa shape index (κ2) is 9.06. The van der Waals surface area contributed by atoms with Crippen LogP contribution in [0.1, 0.15) is 21.5 Å². The number of carbonyl (C=O) groups excluding carboxylic acids is 1. The monoisotopic (exact) mass is 441 g/mol. The number of nitrogens with one attached hydrogen (secondary N) is 1. The van der Waals surface area contributed by atoms with Crippen molar-refractivity contribution in [1.29, 1.82) is 0 Å². The molecule has 0 spiro atoms. The van der Waals surface area contributed by atoms with E-state index in [1.807, 2.05) is 18.2 Å². The van der Waals surface area contributed by atoms with Crippen molar-refractivity contribution in [3.63, 3.8) is 0 Å². The van der Waals surface area contributed by atoms with Gasteiger partial charge in [-0.15, -0.1) is 4.40 Å². The summed E-state index contributed by atoms with van der Waals surface area (Å²) >= 11 is 0. The average Bonchev–Trinajstić information content (AvgIpc) is 3.03. The third kappa shape index (κ3) is 4.50. The first-order valence-corrected chi connectivity index (χ1v) is 10.5. The van der Waals surface area contributed by atoms with Crippen LogP contribution in [0, 0.1) is 0 Å². The van der Waals surface area contributed by atoms with Crippen molar-refractivity contribution in [1.82, 2.24) is 15.4 Å². The van der Waals surface area contributed by atoms with Crippen molar-refractivity contribution in [2.75, 3.05) is 6.54 Å². The van der Waals surface area contributed by atoms with Gasteiger partial charge in [0.2, 0.25) is 0 Å². The molecule has 4 rings (SSSR count). The number of hydrazine groups is 1. The summed E-state index contributed by atoms with van der Waals surface area (Å²) < 4.78 is 28.9. The fourth-order valence-corrected chi connectivity index (χ4v) is 4.28. The highest BCUT2D eigenvalue weighted by Crippen LogP contribution is 2.27. The lowest BCUT2D eigenvalue weighted by Gasteiger charge is -2.25. The Hall–Kier alpha value is -3.23. The lowest BCUT2D eigenvalue weighted by molar-refractivity contribution is -0.0000169. The van der Waals surface area contributed by atoms with E-state index in [1.54, 1.807) is 54.9 Å². The molecule has 2 aromatic carbocycles. The third-order valence-corrected chi connectivity index (χ3v) is 5.84. The molecule has 0 atom stereocenters. The van der Waals surface area contributed by atoms with Crippen LogP contribution in [0.3, 0.4) is 0 Å². The molecule has 0 bridgehead atoms. The Morgan fingerprint density at radius 1 is 0.933 bits per heavy atom. The molecular formula is C21H18ClN4O3S-. The molecule has 1 aromatic heterocycles. The molecule has 0 fully saturated rings. The highest BCUT2D eigenvalue weighted by molar-refractivity contribution is 7.90. The number of hydrogen-bond donors (Lipinski definition) is 1. The maximum atomic E-state index is 12.7. The fraction of sp³-hybridized carbons (Fsp3) is 0.0952. The Bertz CT molecular complexity index is 1170. The van der Waals surface area contributed by atoms with E-state index < -0.39 is 10.0 Å². The Morgan fingerprint density at radius 2 is 1.60 bits per heavy atom. The van der Waals surface area contributed by atoms with Crippen molar-refractivity contribution < 1.29 is 25.6 Å². The zero-order chi connectivity index (χ0) is 20.3. The van der Waals surface area contributed by atoms with Gasteiger partial charge in [-0.1, -0.05) is 30.3 Å². The predicted molar refractivity (Wildman–Crippen MR) is 109 cm³/mol. The quantitative estimate of drug-likeness (QED) is 0.547. The minimum absolute atomic E-state index is 0. The van der Waals surface area contributed by atoms with E-state index in [0.29, 0.717) is 24.1 Å². The number of rotatable bonds is 4. The SMILES string of the molecule is O=C(NN(CCc1ccncc1)C1=NS(=O)(=O)c2ccccc21)c1ccccc1.[Cl-]. The lowest BCUT2D eigenvalue weighted by Crippen LogP contribution is -3.00. The summed E-state index contributed by atoms with van der Waals surface area (Å²) in [6.45, 7) is 0.339. The first-order chi connectivity index (χ1) is 14.0. The van der Waals surface area contributed by atoms with Gasteiger partial charge in [-0.05, 0) is 48.4 Å². The van der Waals surface area contributed by atoms with E-state index in [4.69, 9.17) is 0 Å². The molecule has 2 heterocycles. The minimum atomic E-state index is -3.80. The maximum Gasteiger partial charge on any atom is 0.285 e. The average molecular weight is 442 g/mol. The fourth-order valence-electron chi connectivity index (χ4n) is 3.06. The molecule has 9 heteroatoms. The smallest absolute Gasteiger partial charge is 0.285 e. The van der Waals surface area contributed by atoms with Crippen LogP contribution in [0.4, 0.5) is 0 Å². The summed E-state index contributed by atoms with van der Waals surface area (Å²) in [6.07, 6.45) is 3.95. The Morgan fingerprint density at radius 3 is 2.33 bits per heavy atom. The summed E-state index contributed by atoms with van der Waals surface area (Å²) in [5.41, 5.74) is 4.75. The van der Waals surface area contributed by atoms with Gasteiger partial charge < -0.3 is 12.4 Å². The van der Waals surface area contributed by atoms with E-state index >= 15 is 0 Å². The van der Waals surface area contributed by atoms with Gasteiger partial charge in [0.05, 0.1) is 0 Å². The largest absolute Gasteiger partial charge is 1.00 e. The van der Waals surface area contributed by atoms with E-state index in [9.17, 15) is 13.2 Å². The normalized spacial score (nSPS) is 13.5. The van der Waals surface area contributed by atoms with Crippen LogP contribution in [0.25, 0.3) is 0 Å². The number of nitrogens with zero attached hydrogens (tertiary/aromatic N) is 3. The van der Waals surface area contributed by atoms with Gasteiger partial charge >= 0.3 is 0 Å². The maximum absolute atomic E-state index is 12.7. The molecule has 154 valence electrons. The molecule has 30 heavy (non-hydrogen) atoms. The number of amidine groups is 1. The first-order valence-electron chi connectivity index (χ1n) is 9.01. The number of amides is 1. The molecule has 0 aliphatic carbocycles. The number of sulfonamides is 1. The second-order valence-electron chi connectivity index (χ2n) is 6.45. The topological polar surface area (TPSA) is 91.7 Å². The van der Waals surface area contributed by atoms with Gasteiger partial charge in [-0.25, -0.2) is 0 Å². The van der Waals surface area contributed by atoms with Gasteiger partial charge in [-0.2, -0.15) is 8.42 Å². The molecular weight excluding hydrogens is 424 g/mol. The van der Waals surface area contributed by atoms with Gasteiger partial charge in [0.15, 0.2) is 5.84 Å². The van der Waals surface area contributed by atoms with Crippen molar-refractivity contribution >= 4 is 21.8 Å². The number of hydrogen-bond acceptors (Lipinski definition) is 5. The number of aromatic nitrogens is 1. The third-order valence-electron chi connectivity index (χ3n) is 4.51. The first kappa shape index (κ1) is 21.5. The molecule has 0 saturated carbocycles. The molecule has 0 saturated heterocycles. The number of carbonyl (C=O) groups is 1. The molecule has 1 aliphatic rings. The van der Waals surface area contributed by atoms with Crippen molar-refractivity contribution in [3.05, 3.63) is 95.8 Å². The second-order valence-corrected chi connectivity index (χ2v) is 8.02. The van der Waals surface area contributed by atoms with Gasteiger partial charge in [0.1, 0.15) is 4.90 Å². The minimum Gasteiger partial charge on any atom is -1.00 e. The predicted octanol–water partition coefficient (Wildman–Crippen LogP) is -0.576. The van der Waals surface area contributed by atoms with Crippen LogP contribution in [-0.2, 0) is 16.4 Å². The van der Waals surface area contributed by atoms with Crippen LogP contribution >= 0.6 is 0 Å². The summed E-state index contributed by atoms with van der Waals surface area (Å²) in [5.74, 6) is -0.135. The number of halogens is 1. The van der Waals surface area contributed by atoms with Crippen molar-refractivity contribution in [2.45, 2.75) is 11.3 Å². The van der Waals surface area contributed by atoms with E-state index in [0.717, 1.165) is 5.56 Å². The van der Waals surface area contributed by atoms with Crippen molar-refractivity contribution in [2.24, 2.45) is 4.40 Å². The number of pyridine rings is 1. The van der Waals surface area contributed by atoms with Crippen molar-refractivity contribution in [3.8, 4) is 0 Å². The highest BCUT2D eigenvalue weighted by Gasteiger charge is 2.32. The molecule has 1 amide bonds. The van der Waals surface area contributed by atoms with Crippen LogP contribution < -0.4 is 17.8 Å². The Labute approximate surface area is 180 Å². The molecule has 0 radical (unpaired) electrons. The molecule has 1 aliphatic heterocycles. The molecule has 7 nitrogen and oxygen atoms in total. The number of benzene rings is 2. The summed E-state index contributed by atoms with van der Waals surface area (Å²) in [5, 5.41) is 1.50. The summed E-state index contributed by atoms with van der Waals surface area (Å²) in [6, 6.07) is 19.1. The zero-order valence-electron chi connectivity index (χ0n) is 15.8. The number of fused-ring (bicyclic) bond motifs is 1. The van der Waals surface area contributed by atoms with Crippen LogP contribution in [0.5, 0.6) is 0 Å². The van der Waals surface area contributed by atoms with E-state index in [1.165, 1.54) is 11.1 Å².